The third-order valence-electron chi connectivity index (χ3n) is 2.55. The molecule has 18 heavy (non-hydrogen) atoms. The van der Waals surface area contributed by atoms with E-state index in [2.05, 4.69) is 4.98 Å². The van der Waals surface area contributed by atoms with Crippen molar-refractivity contribution in [2.45, 2.75) is 29.3 Å². The van der Waals surface area contributed by atoms with Crippen LogP contribution in [0.3, 0.4) is 0 Å². The molecule has 0 N–H and O–H groups in total. The molecule has 0 bridgehead atoms. The van der Waals surface area contributed by atoms with Crippen molar-refractivity contribution < 1.29 is 17.9 Å². The van der Waals surface area contributed by atoms with E-state index in [1.807, 2.05) is 0 Å². The van der Waals surface area contributed by atoms with Crippen LogP contribution in [0.5, 0.6) is 0 Å². The number of hydrogen-bond donors (Lipinski definition) is 0. The zero-order chi connectivity index (χ0) is 13.2. The molecule has 0 amide bonds. The average molecular weight is 298 g/mol. The van der Waals surface area contributed by atoms with E-state index in [-0.39, 0.29) is 10.4 Å². The first-order chi connectivity index (χ1) is 8.45. The fourth-order valence-electron chi connectivity index (χ4n) is 1.66. The Morgan fingerprint density at radius 3 is 2.56 bits per heavy atom. The highest BCUT2D eigenvalue weighted by Crippen LogP contribution is 2.35. The molecule has 0 aliphatic carbocycles. The van der Waals surface area contributed by atoms with Gasteiger partial charge in [0.2, 0.25) is 0 Å². The molecule has 0 unspecified atom stereocenters. The minimum Gasteiger partial charge on any atom is -0.381 e. The summed E-state index contributed by atoms with van der Waals surface area (Å²) in [4.78, 5) is 3.93. The maximum Gasteiger partial charge on any atom is 0.416 e. The molecule has 2 nitrogen and oxygen atoms in total. The van der Waals surface area contributed by atoms with E-state index in [0.29, 0.717) is 18.2 Å². The van der Waals surface area contributed by atoms with Crippen LogP contribution in [0.25, 0.3) is 0 Å². The van der Waals surface area contributed by atoms with Crippen LogP contribution in [-0.4, -0.2) is 23.4 Å². The third kappa shape index (κ3) is 3.76. The summed E-state index contributed by atoms with van der Waals surface area (Å²) < 4.78 is 43.0. The van der Waals surface area contributed by atoms with Crippen molar-refractivity contribution in [1.82, 2.24) is 4.98 Å². The Labute approximate surface area is 112 Å². The zero-order valence-corrected chi connectivity index (χ0v) is 10.9. The van der Waals surface area contributed by atoms with Gasteiger partial charge in [-0.3, -0.25) is 0 Å². The highest BCUT2D eigenvalue weighted by Gasteiger charge is 2.31. The van der Waals surface area contributed by atoms with E-state index in [0.717, 1.165) is 25.0 Å². The van der Waals surface area contributed by atoms with E-state index in [1.165, 1.54) is 11.8 Å². The summed E-state index contributed by atoms with van der Waals surface area (Å²) in [7, 11) is 0. The number of aromatic nitrogens is 1. The van der Waals surface area contributed by atoms with Crippen molar-refractivity contribution in [3.05, 3.63) is 22.8 Å². The van der Waals surface area contributed by atoms with Gasteiger partial charge in [-0.1, -0.05) is 11.6 Å². The van der Waals surface area contributed by atoms with Crippen LogP contribution in [0.4, 0.5) is 13.2 Å². The SMILES string of the molecule is FC(F)(F)c1cc(Cl)nc(SC2CCOCC2)c1. The van der Waals surface area contributed by atoms with Gasteiger partial charge in [0.15, 0.2) is 0 Å². The fourth-order valence-corrected chi connectivity index (χ4v) is 3.04. The van der Waals surface area contributed by atoms with Gasteiger partial charge in [0.05, 0.1) is 10.6 Å². The quantitative estimate of drug-likeness (QED) is 0.770. The minimum absolute atomic E-state index is 0.126. The summed E-state index contributed by atoms with van der Waals surface area (Å²) in [6.45, 7) is 1.29. The lowest BCUT2D eigenvalue weighted by Crippen LogP contribution is -2.17. The largest absolute Gasteiger partial charge is 0.416 e. The van der Waals surface area contributed by atoms with Crippen molar-refractivity contribution >= 4 is 23.4 Å². The molecule has 1 saturated heterocycles. The second-order valence-corrected chi connectivity index (χ2v) is 5.65. The molecule has 0 saturated carbocycles. The van der Waals surface area contributed by atoms with Crippen LogP contribution >= 0.6 is 23.4 Å². The summed E-state index contributed by atoms with van der Waals surface area (Å²) in [6, 6.07) is 1.89. The van der Waals surface area contributed by atoms with Gasteiger partial charge in [0.1, 0.15) is 5.15 Å². The highest BCUT2D eigenvalue weighted by atomic mass is 35.5. The van der Waals surface area contributed by atoms with Gasteiger partial charge in [-0.15, -0.1) is 11.8 Å². The molecule has 100 valence electrons. The number of ether oxygens (including phenoxy) is 1. The number of pyridine rings is 1. The molecule has 1 aliphatic heterocycles. The Bertz CT molecular complexity index is 421. The van der Waals surface area contributed by atoms with Crippen molar-refractivity contribution in [2.24, 2.45) is 0 Å². The van der Waals surface area contributed by atoms with Crippen molar-refractivity contribution in [1.29, 1.82) is 0 Å². The second-order valence-electron chi connectivity index (χ2n) is 3.94. The van der Waals surface area contributed by atoms with Crippen LogP contribution in [0.2, 0.25) is 5.15 Å². The van der Waals surface area contributed by atoms with Gasteiger partial charge in [-0.05, 0) is 25.0 Å². The number of hydrogen-bond acceptors (Lipinski definition) is 3. The number of rotatable bonds is 2. The van der Waals surface area contributed by atoms with Gasteiger partial charge in [0.25, 0.3) is 0 Å². The Balaban J connectivity index is 2.14. The molecule has 2 heterocycles. The van der Waals surface area contributed by atoms with E-state index >= 15 is 0 Å². The maximum absolute atomic E-state index is 12.6. The molecule has 0 radical (unpaired) electrons. The monoisotopic (exact) mass is 297 g/mol. The molecule has 1 aromatic rings. The fraction of sp³-hybridized carbons (Fsp3) is 0.545. The molecule has 0 spiro atoms. The van der Waals surface area contributed by atoms with Crippen LogP contribution < -0.4 is 0 Å². The topological polar surface area (TPSA) is 22.1 Å². The molecule has 7 heteroatoms. The standard InChI is InChI=1S/C11H11ClF3NOS/c12-9-5-7(11(13,14)15)6-10(16-9)18-8-1-3-17-4-2-8/h5-6,8H,1-4H2. The number of nitrogens with zero attached hydrogens (tertiary/aromatic N) is 1. The van der Waals surface area contributed by atoms with Crippen LogP contribution in [0, 0.1) is 0 Å². The lowest BCUT2D eigenvalue weighted by atomic mass is 10.2. The molecule has 0 atom stereocenters. The predicted molar refractivity (Wildman–Crippen MR) is 63.9 cm³/mol. The molecular formula is C11H11ClF3NOS. The van der Waals surface area contributed by atoms with Crippen molar-refractivity contribution in [3.63, 3.8) is 0 Å². The van der Waals surface area contributed by atoms with E-state index in [4.69, 9.17) is 16.3 Å². The Hall–Kier alpha value is -0.460. The number of alkyl halides is 3. The lowest BCUT2D eigenvalue weighted by molar-refractivity contribution is -0.137. The molecule has 2 rings (SSSR count). The summed E-state index contributed by atoms with van der Waals surface area (Å²) in [5.41, 5.74) is -0.753. The first-order valence-corrected chi connectivity index (χ1v) is 6.70. The average Bonchev–Trinajstić information content (AvgIpc) is 2.28. The predicted octanol–water partition coefficient (Wildman–Crippen LogP) is 4.02. The van der Waals surface area contributed by atoms with Crippen LogP contribution in [0.15, 0.2) is 17.2 Å². The summed E-state index contributed by atoms with van der Waals surface area (Å²) in [5.74, 6) is 0. The minimum atomic E-state index is -4.39. The number of halogens is 4. The summed E-state index contributed by atoms with van der Waals surface area (Å²) in [5, 5.41) is 0.437. The summed E-state index contributed by atoms with van der Waals surface area (Å²) in [6.07, 6.45) is -2.75. The third-order valence-corrected chi connectivity index (χ3v) is 4.00. The normalized spacial score (nSPS) is 18.0. The van der Waals surface area contributed by atoms with E-state index in [1.54, 1.807) is 0 Å². The van der Waals surface area contributed by atoms with E-state index < -0.39 is 11.7 Å². The van der Waals surface area contributed by atoms with Crippen LogP contribution in [-0.2, 0) is 10.9 Å². The van der Waals surface area contributed by atoms with Gasteiger partial charge in [-0.25, -0.2) is 4.98 Å². The van der Waals surface area contributed by atoms with Gasteiger partial charge < -0.3 is 4.74 Å². The Kier molecular flexibility index (Phi) is 4.40. The molecule has 0 aromatic carbocycles. The second kappa shape index (κ2) is 5.67. The highest BCUT2D eigenvalue weighted by molar-refractivity contribution is 7.99. The Morgan fingerprint density at radius 2 is 1.94 bits per heavy atom. The molecule has 1 aromatic heterocycles. The van der Waals surface area contributed by atoms with Gasteiger partial charge in [-0.2, -0.15) is 13.2 Å². The zero-order valence-electron chi connectivity index (χ0n) is 9.34. The smallest absolute Gasteiger partial charge is 0.381 e. The lowest BCUT2D eigenvalue weighted by Gasteiger charge is -2.21. The summed E-state index contributed by atoms with van der Waals surface area (Å²) >= 11 is 6.96. The van der Waals surface area contributed by atoms with E-state index in [9.17, 15) is 13.2 Å². The van der Waals surface area contributed by atoms with Crippen molar-refractivity contribution in [2.75, 3.05) is 13.2 Å². The molecule has 1 aliphatic rings. The first kappa shape index (κ1) is 14.0. The van der Waals surface area contributed by atoms with Crippen molar-refractivity contribution in [3.8, 4) is 0 Å². The Morgan fingerprint density at radius 1 is 1.28 bits per heavy atom. The maximum atomic E-state index is 12.6. The van der Waals surface area contributed by atoms with Crippen LogP contribution in [0.1, 0.15) is 18.4 Å². The molecule has 1 fully saturated rings. The van der Waals surface area contributed by atoms with Gasteiger partial charge in [0, 0.05) is 18.5 Å². The number of thioether (sulfide) groups is 1. The van der Waals surface area contributed by atoms with Gasteiger partial charge >= 0.3 is 6.18 Å². The first-order valence-electron chi connectivity index (χ1n) is 5.44. The molecular weight excluding hydrogens is 287 g/mol.